The molecule has 1 amide bonds. The number of carbonyl (C=O) groups is 2. The van der Waals surface area contributed by atoms with Crippen LogP contribution in [0.2, 0.25) is 0 Å². The maximum atomic E-state index is 12.5. The van der Waals surface area contributed by atoms with Crippen LogP contribution < -0.4 is 0 Å². The number of hydrogen-bond acceptors (Lipinski definition) is 2. The number of rotatable bonds is 5. The number of aliphatic carboxylic acids is 1. The lowest BCUT2D eigenvalue weighted by atomic mass is 9.78. The molecular weight excluding hydrogens is 266 g/mol. The number of benzene rings is 1. The van der Waals surface area contributed by atoms with Crippen LogP contribution in [0.3, 0.4) is 0 Å². The summed E-state index contributed by atoms with van der Waals surface area (Å²) in [5.74, 6) is -1.70. The van der Waals surface area contributed by atoms with Crippen molar-refractivity contribution in [1.29, 1.82) is 0 Å². The average molecular weight is 289 g/mol. The summed E-state index contributed by atoms with van der Waals surface area (Å²) in [6, 6.07) is 10.0. The molecule has 0 heterocycles. The van der Waals surface area contributed by atoms with E-state index in [-0.39, 0.29) is 11.8 Å². The highest BCUT2D eigenvalue weighted by atomic mass is 16.4. The second kappa shape index (κ2) is 7.25. The molecule has 0 bridgehead atoms. The van der Waals surface area contributed by atoms with Crippen molar-refractivity contribution in [1.82, 2.24) is 4.90 Å². The zero-order valence-corrected chi connectivity index (χ0v) is 12.5. The van der Waals surface area contributed by atoms with E-state index in [9.17, 15) is 14.7 Å². The lowest BCUT2D eigenvalue weighted by molar-refractivity contribution is -0.151. The van der Waals surface area contributed by atoms with Gasteiger partial charge in [0, 0.05) is 13.6 Å². The van der Waals surface area contributed by atoms with Gasteiger partial charge in [0.1, 0.15) is 0 Å². The predicted octanol–water partition coefficient (Wildman–Crippen LogP) is 2.58. The molecule has 2 rings (SSSR count). The highest BCUT2D eigenvalue weighted by Gasteiger charge is 2.36. The average Bonchev–Trinajstić information content (AvgIpc) is 2.52. The lowest BCUT2D eigenvalue weighted by Crippen LogP contribution is -2.41. The Morgan fingerprint density at radius 1 is 1.14 bits per heavy atom. The van der Waals surface area contributed by atoms with Crippen LogP contribution in [0.1, 0.15) is 31.2 Å². The summed E-state index contributed by atoms with van der Waals surface area (Å²) in [5, 5.41) is 9.28. The van der Waals surface area contributed by atoms with E-state index >= 15 is 0 Å². The van der Waals surface area contributed by atoms with Gasteiger partial charge in [-0.15, -0.1) is 0 Å². The second-order valence-corrected chi connectivity index (χ2v) is 5.83. The maximum absolute atomic E-state index is 12.5. The molecule has 114 valence electrons. The van der Waals surface area contributed by atoms with Crippen molar-refractivity contribution in [2.75, 3.05) is 13.6 Å². The standard InChI is InChI=1S/C17H23NO3/c1-18(12-11-13-7-3-2-4-8-13)16(19)14-9-5-6-10-15(14)17(20)21/h2-4,7-8,14-15H,5-6,9-12H2,1H3,(H,20,21)/t14-,15+/m1/s1. The summed E-state index contributed by atoms with van der Waals surface area (Å²) >= 11 is 0. The minimum absolute atomic E-state index is 0.0157. The van der Waals surface area contributed by atoms with Gasteiger partial charge in [-0.3, -0.25) is 9.59 Å². The molecular formula is C17H23NO3. The third-order valence-electron chi connectivity index (χ3n) is 4.36. The summed E-state index contributed by atoms with van der Waals surface area (Å²) in [4.78, 5) is 25.5. The molecule has 2 atom stereocenters. The highest BCUT2D eigenvalue weighted by molar-refractivity contribution is 5.84. The van der Waals surface area contributed by atoms with Gasteiger partial charge in [0.2, 0.25) is 5.91 Å². The van der Waals surface area contributed by atoms with Gasteiger partial charge in [-0.05, 0) is 24.8 Å². The molecule has 21 heavy (non-hydrogen) atoms. The molecule has 1 saturated carbocycles. The van der Waals surface area contributed by atoms with E-state index in [1.54, 1.807) is 11.9 Å². The van der Waals surface area contributed by atoms with Crippen LogP contribution in [0.5, 0.6) is 0 Å². The first-order valence-corrected chi connectivity index (χ1v) is 7.61. The Morgan fingerprint density at radius 3 is 2.38 bits per heavy atom. The second-order valence-electron chi connectivity index (χ2n) is 5.83. The van der Waals surface area contributed by atoms with Gasteiger partial charge in [-0.25, -0.2) is 0 Å². The minimum Gasteiger partial charge on any atom is -0.481 e. The fourth-order valence-corrected chi connectivity index (χ4v) is 3.06. The van der Waals surface area contributed by atoms with Gasteiger partial charge in [-0.1, -0.05) is 43.2 Å². The molecule has 1 aliphatic rings. The Hall–Kier alpha value is -1.84. The Balaban J connectivity index is 1.93. The van der Waals surface area contributed by atoms with Crippen molar-refractivity contribution in [2.24, 2.45) is 11.8 Å². The molecule has 1 aromatic carbocycles. The Bertz CT molecular complexity index is 486. The summed E-state index contributed by atoms with van der Waals surface area (Å²) in [6.07, 6.45) is 3.98. The van der Waals surface area contributed by atoms with Crippen LogP contribution in [0.15, 0.2) is 30.3 Å². The fraction of sp³-hybridized carbons (Fsp3) is 0.529. The van der Waals surface area contributed by atoms with Gasteiger partial charge in [0.25, 0.3) is 0 Å². The molecule has 0 radical (unpaired) electrons. The highest BCUT2D eigenvalue weighted by Crippen LogP contribution is 2.31. The van der Waals surface area contributed by atoms with Crippen molar-refractivity contribution in [3.05, 3.63) is 35.9 Å². The molecule has 0 aromatic heterocycles. The molecule has 1 N–H and O–H groups in total. The molecule has 4 heteroatoms. The smallest absolute Gasteiger partial charge is 0.307 e. The fourth-order valence-electron chi connectivity index (χ4n) is 3.06. The van der Waals surface area contributed by atoms with Gasteiger partial charge in [-0.2, -0.15) is 0 Å². The molecule has 0 saturated heterocycles. The third kappa shape index (κ3) is 4.06. The molecule has 0 spiro atoms. The Labute approximate surface area is 125 Å². The quantitative estimate of drug-likeness (QED) is 0.906. The van der Waals surface area contributed by atoms with Gasteiger partial charge in [0.05, 0.1) is 11.8 Å². The van der Waals surface area contributed by atoms with Crippen LogP contribution >= 0.6 is 0 Å². The van der Waals surface area contributed by atoms with E-state index in [1.165, 1.54) is 5.56 Å². The lowest BCUT2D eigenvalue weighted by Gasteiger charge is -2.31. The van der Waals surface area contributed by atoms with Crippen molar-refractivity contribution >= 4 is 11.9 Å². The number of nitrogens with zero attached hydrogens (tertiary/aromatic N) is 1. The first kappa shape index (κ1) is 15.5. The van der Waals surface area contributed by atoms with Crippen LogP contribution in [-0.4, -0.2) is 35.5 Å². The monoisotopic (exact) mass is 289 g/mol. The van der Waals surface area contributed by atoms with Crippen molar-refractivity contribution in [3.8, 4) is 0 Å². The molecule has 0 aliphatic heterocycles. The number of likely N-dealkylation sites (N-methyl/N-ethyl adjacent to an activating group) is 1. The van der Waals surface area contributed by atoms with E-state index in [1.807, 2.05) is 30.3 Å². The largest absolute Gasteiger partial charge is 0.481 e. The maximum Gasteiger partial charge on any atom is 0.307 e. The Morgan fingerprint density at radius 2 is 1.76 bits per heavy atom. The van der Waals surface area contributed by atoms with Crippen LogP contribution in [-0.2, 0) is 16.0 Å². The van der Waals surface area contributed by atoms with E-state index in [2.05, 4.69) is 0 Å². The van der Waals surface area contributed by atoms with Gasteiger partial charge in [0.15, 0.2) is 0 Å². The van der Waals surface area contributed by atoms with Crippen LogP contribution in [0.4, 0.5) is 0 Å². The van der Waals surface area contributed by atoms with E-state index in [0.29, 0.717) is 19.4 Å². The zero-order chi connectivity index (χ0) is 15.2. The minimum atomic E-state index is -0.829. The number of amides is 1. The SMILES string of the molecule is CN(CCc1ccccc1)C(=O)[C@@H]1CCCC[C@@H]1C(=O)O. The first-order chi connectivity index (χ1) is 10.1. The number of carboxylic acids is 1. The summed E-state index contributed by atoms with van der Waals surface area (Å²) < 4.78 is 0. The normalized spacial score (nSPS) is 21.8. The molecule has 1 aliphatic carbocycles. The Kier molecular flexibility index (Phi) is 5.37. The molecule has 0 unspecified atom stereocenters. The summed E-state index contributed by atoms with van der Waals surface area (Å²) in [6.45, 7) is 0.631. The predicted molar refractivity (Wildman–Crippen MR) is 80.9 cm³/mol. The topological polar surface area (TPSA) is 57.6 Å². The zero-order valence-electron chi connectivity index (χ0n) is 12.5. The summed E-state index contributed by atoms with van der Waals surface area (Å²) in [7, 11) is 1.78. The number of hydrogen-bond donors (Lipinski definition) is 1. The van der Waals surface area contributed by atoms with E-state index in [4.69, 9.17) is 0 Å². The summed E-state index contributed by atoms with van der Waals surface area (Å²) in [5.41, 5.74) is 1.19. The molecule has 1 fully saturated rings. The third-order valence-corrected chi connectivity index (χ3v) is 4.36. The first-order valence-electron chi connectivity index (χ1n) is 7.61. The van der Waals surface area contributed by atoms with E-state index < -0.39 is 11.9 Å². The number of carbonyl (C=O) groups excluding carboxylic acids is 1. The molecule has 4 nitrogen and oxygen atoms in total. The van der Waals surface area contributed by atoms with Crippen LogP contribution in [0.25, 0.3) is 0 Å². The van der Waals surface area contributed by atoms with Gasteiger partial charge < -0.3 is 10.0 Å². The number of carboxylic acid groups (broad SMARTS) is 1. The van der Waals surface area contributed by atoms with Crippen LogP contribution in [0, 0.1) is 11.8 Å². The van der Waals surface area contributed by atoms with Crippen molar-refractivity contribution in [3.63, 3.8) is 0 Å². The molecule has 1 aromatic rings. The van der Waals surface area contributed by atoms with Gasteiger partial charge >= 0.3 is 5.97 Å². The van der Waals surface area contributed by atoms with Crippen molar-refractivity contribution < 1.29 is 14.7 Å². The van der Waals surface area contributed by atoms with E-state index in [0.717, 1.165) is 19.3 Å². The van der Waals surface area contributed by atoms with Crippen molar-refractivity contribution in [2.45, 2.75) is 32.1 Å².